The summed E-state index contributed by atoms with van der Waals surface area (Å²) in [6.07, 6.45) is -2.81. The quantitative estimate of drug-likeness (QED) is 0.422. The van der Waals surface area contributed by atoms with Gasteiger partial charge in [-0.1, -0.05) is 0 Å². The summed E-state index contributed by atoms with van der Waals surface area (Å²) in [6, 6.07) is 0. The average Bonchev–Trinajstić information content (AvgIpc) is 2.17. The minimum Gasteiger partial charge on any atom is -0.394 e. The summed E-state index contributed by atoms with van der Waals surface area (Å²) in [5.41, 5.74) is 0. The summed E-state index contributed by atoms with van der Waals surface area (Å²) in [7, 11) is 0. The van der Waals surface area contributed by atoms with Crippen LogP contribution in [-0.2, 0) is 4.74 Å². The molecular weight excluding hydrogens is 136 g/mol. The molecule has 1 saturated heterocycles. The van der Waals surface area contributed by atoms with Crippen molar-refractivity contribution < 1.29 is 20.1 Å². The van der Waals surface area contributed by atoms with Crippen LogP contribution in [0.15, 0.2) is 0 Å². The SMILES string of the molecule is CC1O[C@@H](CO)C(O)[C@H]1O. The highest BCUT2D eigenvalue weighted by Crippen LogP contribution is 2.19. The van der Waals surface area contributed by atoms with E-state index in [0.29, 0.717) is 0 Å². The van der Waals surface area contributed by atoms with Crippen molar-refractivity contribution >= 4 is 0 Å². The van der Waals surface area contributed by atoms with E-state index in [1.807, 2.05) is 0 Å². The molecule has 0 bridgehead atoms. The number of ether oxygens (including phenoxy) is 1. The lowest BCUT2D eigenvalue weighted by Gasteiger charge is -2.10. The van der Waals surface area contributed by atoms with Gasteiger partial charge in [-0.2, -0.15) is 0 Å². The number of aliphatic hydroxyl groups is 3. The molecule has 1 heterocycles. The number of hydrogen-bond acceptors (Lipinski definition) is 4. The first-order chi connectivity index (χ1) is 4.66. The molecule has 1 aliphatic rings. The van der Waals surface area contributed by atoms with Gasteiger partial charge in [-0.25, -0.2) is 0 Å². The monoisotopic (exact) mass is 148 g/mol. The standard InChI is InChI=1S/C6H12O4/c1-3-5(8)6(9)4(2-7)10-3/h3-9H,2H2,1H3/t3?,4-,5-,6?/m0/s1. The molecule has 0 saturated carbocycles. The summed E-state index contributed by atoms with van der Waals surface area (Å²) in [5.74, 6) is 0. The van der Waals surface area contributed by atoms with Gasteiger partial charge in [-0.3, -0.25) is 0 Å². The molecule has 60 valence electrons. The highest BCUT2D eigenvalue weighted by atomic mass is 16.5. The smallest absolute Gasteiger partial charge is 0.111 e. The normalized spacial score (nSPS) is 48.0. The van der Waals surface area contributed by atoms with Crippen molar-refractivity contribution in [1.82, 2.24) is 0 Å². The van der Waals surface area contributed by atoms with Gasteiger partial charge in [0.2, 0.25) is 0 Å². The Morgan fingerprint density at radius 3 is 2.10 bits per heavy atom. The van der Waals surface area contributed by atoms with Crippen LogP contribution in [0.2, 0.25) is 0 Å². The van der Waals surface area contributed by atoms with Crippen LogP contribution in [0, 0.1) is 0 Å². The maximum atomic E-state index is 9.09. The fourth-order valence-corrected chi connectivity index (χ4v) is 1.09. The molecule has 4 nitrogen and oxygen atoms in total. The molecule has 0 aromatic rings. The van der Waals surface area contributed by atoms with Crippen molar-refractivity contribution in [3.8, 4) is 0 Å². The third-order valence-corrected chi connectivity index (χ3v) is 1.78. The lowest BCUT2D eigenvalue weighted by atomic mass is 10.1. The Hall–Kier alpha value is -0.160. The van der Waals surface area contributed by atoms with Gasteiger partial charge in [-0.05, 0) is 6.92 Å². The van der Waals surface area contributed by atoms with Crippen LogP contribution in [-0.4, -0.2) is 46.3 Å². The molecule has 0 aliphatic carbocycles. The van der Waals surface area contributed by atoms with Gasteiger partial charge in [0, 0.05) is 0 Å². The van der Waals surface area contributed by atoms with Gasteiger partial charge in [0.1, 0.15) is 18.3 Å². The molecule has 0 aromatic heterocycles. The molecule has 1 aliphatic heterocycles. The van der Waals surface area contributed by atoms with Crippen LogP contribution in [0.25, 0.3) is 0 Å². The fourth-order valence-electron chi connectivity index (χ4n) is 1.09. The van der Waals surface area contributed by atoms with E-state index < -0.39 is 18.3 Å². The van der Waals surface area contributed by atoms with E-state index in [4.69, 9.17) is 20.1 Å². The molecule has 2 unspecified atom stereocenters. The third kappa shape index (κ3) is 1.15. The molecule has 10 heavy (non-hydrogen) atoms. The van der Waals surface area contributed by atoms with E-state index in [2.05, 4.69) is 0 Å². The maximum Gasteiger partial charge on any atom is 0.111 e. The van der Waals surface area contributed by atoms with Crippen molar-refractivity contribution in [2.75, 3.05) is 6.61 Å². The van der Waals surface area contributed by atoms with E-state index in [1.165, 1.54) is 0 Å². The van der Waals surface area contributed by atoms with Crippen molar-refractivity contribution in [2.24, 2.45) is 0 Å². The average molecular weight is 148 g/mol. The maximum absolute atomic E-state index is 9.09. The minimum absolute atomic E-state index is 0.247. The Kier molecular flexibility index (Phi) is 2.25. The minimum atomic E-state index is -0.944. The van der Waals surface area contributed by atoms with Gasteiger partial charge in [0.05, 0.1) is 12.7 Å². The summed E-state index contributed by atoms with van der Waals surface area (Å²) < 4.78 is 4.98. The molecule has 0 radical (unpaired) electrons. The Morgan fingerprint density at radius 1 is 1.30 bits per heavy atom. The number of hydrogen-bond donors (Lipinski definition) is 3. The van der Waals surface area contributed by atoms with Crippen LogP contribution in [0.4, 0.5) is 0 Å². The second-order valence-electron chi connectivity index (χ2n) is 2.54. The summed E-state index contributed by atoms with van der Waals surface area (Å²) >= 11 is 0. The van der Waals surface area contributed by atoms with Crippen LogP contribution < -0.4 is 0 Å². The molecule has 1 fully saturated rings. The fraction of sp³-hybridized carbons (Fsp3) is 1.00. The number of aliphatic hydroxyl groups excluding tert-OH is 3. The van der Waals surface area contributed by atoms with Crippen molar-refractivity contribution in [2.45, 2.75) is 31.3 Å². The first kappa shape index (κ1) is 7.94. The van der Waals surface area contributed by atoms with E-state index in [-0.39, 0.29) is 12.7 Å². The van der Waals surface area contributed by atoms with Gasteiger partial charge < -0.3 is 20.1 Å². The molecular formula is C6H12O4. The van der Waals surface area contributed by atoms with E-state index >= 15 is 0 Å². The van der Waals surface area contributed by atoms with Crippen molar-refractivity contribution in [3.63, 3.8) is 0 Å². The zero-order valence-corrected chi connectivity index (χ0v) is 5.77. The Morgan fingerprint density at radius 2 is 1.90 bits per heavy atom. The zero-order valence-electron chi connectivity index (χ0n) is 5.77. The Bertz CT molecular complexity index is 116. The highest BCUT2D eigenvalue weighted by Gasteiger charge is 2.39. The first-order valence-electron chi connectivity index (χ1n) is 3.29. The predicted molar refractivity (Wildman–Crippen MR) is 33.4 cm³/mol. The topological polar surface area (TPSA) is 69.9 Å². The molecule has 0 spiro atoms. The lowest BCUT2D eigenvalue weighted by molar-refractivity contribution is -0.0171. The third-order valence-electron chi connectivity index (χ3n) is 1.78. The highest BCUT2D eigenvalue weighted by molar-refractivity contribution is 4.87. The van der Waals surface area contributed by atoms with Gasteiger partial charge in [-0.15, -0.1) is 0 Å². The molecule has 0 amide bonds. The van der Waals surface area contributed by atoms with Crippen LogP contribution >= 0.6 is 0 Å². The predicted octanol–water partition coefficient (Wildman–Crippen LogP) is -1.51. The van der Waals surface area contributed by atoms with Gasteiger partial charge >= 0.3 is 0 Å². The molecule has 1 rings (SSSR count). The molecule has 0 aromatic carbocycles. The summed E-state index contributed by atoms with van der Waals surface area (Å²) in [5, 5.41) is 26.8. The second kappa shape index (κ2) is 2.84. The second-order valence-corrected chi connectivity index (χ2v) is 2.54. The van der Waals surface area contributed by atoms with Crippen molar-refractivity contribution in [3.05, 3.63) is 0 Å². The van der Waals surface area contributed by atoms with Crippen LogP contribution in [0.1, 0.15) is 6.92 Å². The van der Waals surface area contributed by atoms with Gasteiger partial charge in [0.15, 0.2) is 0 Å². The lowest BCUT2D eigenvalue weighted by Crippen LogP contribution is -2.33. The zero-order chi connectivity index (χ0) is 7.72. The van der Waals surface area contributed by atoms with Crippen LogP contribution in [0.3, 0.4) is 0 Å². The Labute approximate surface area is 59.1 Å². The van der Waals surface area contributed by atoms with E-state index in [0.717, 1.165) is 0 Å². The molecule has 4 heteroatoms. The summed E-state index contributed by atoms with van der Waals surface area (Å²) in [4.78, 5) is 0. The van der Waals surface area contributed by atoms with Gasteiger partial charge in [0.25, 0.3) is 0 Å². The van der Waals surface area contributed by atoms with Crippen LogP contribution in [0.5, 0.6) is 0 Å². The summed E-state index contributed by atoms with van der Waals surface area (Å²) in [6.45, 7) is 1.41. The molecule has 3 N–H and O–H groups in total. The van der Waals surface area contributed by atoms with E-state index in [9.17, 15) is 0 Å². The number of rotatable bonds is 1. The van der Waals surface area contributed by atoms with Crippen molar-refractivity contribution in [1.29, 1.82) is 0 Å². The molecule has 4 atom stereocenters. The largest absolute Gasteiger partial charge is 0.394 e. The Balaban J connectivity index is 2.53. The first-order valence-corrected chi connectivity index (χ1v) is 3.29. The van der Waals surface area contributed by atoms with E-state index in [1.54, 1.807) is 6.92 Å².